The van der Waals surface area contributed by atoms with Gasteiger partial charge in [0.15, 0.2) is 0 Å². The second-order valence-electron chi connectivity index (χ2n) is 4.35. The van der Waals surface area contributed by atoms with Crippen molar-refractivity contribution in [2.45, 2.75) is 12.2 Å². The first-order chi connectivity index (χ1) is 9.47. The monoisotopic (exact) mass is 281 g/mol. The smallest absolute Gasteiger partial charge is 0.416 e. The maximum atomic E-state index is 12.4. The molecular formula is C15H14F3NO. The van der Waals surface area contributed by atoms with Gasteiger partial charge in [-0.25, -0.2) is 0 Å². The van der Waals surface area contributed by atoms with Gasteiger partial charge in [0.25, 0.3) is 0 Å². The average Bonchev–Trinajstić information content (AvgIpc) is 2.45. The second kappa shape index (κ2) is 5.96. The molecule has 0 aromatic heterocycles. The molecule has 1 atom stereocenters. The van der Waals surface area contributed by atoms with Crippen molar-refractivity contribution in [3.63, 3.8) is 0 Å². The van der Waals surface area contributed by atoms with Gasteiger partial charge in [-0.2, -0.15) is 13.2 Å². The van der Waals surface area contributed by atoms with Crippen LogP contribution in [-0.4, -0.2) is 6.61 Å². The summed E-state index contributed by atoms with van der Waals surface area (Å²) in [5.41, 5.74) is 6.16. The number of benzene rings is 2. The van der Waals surface area contributed by atoms with Gasteiger partial charge in [0.1, 0.15) is 12.4 Å². The van der Waals surface area contributed by atoms with Gasteiger partial charge in [-0.1, -0.05) is 30.3 Å². The predicted octanol–water partition coefficient (Wildman–Crippen LogP) is 3.78. The molecule has 20 heavy (non-hydrogen) atoms. The molecular weight excluding hydrogens is 267 g/mol. The third-order valence-corrected chi connectivity index (χ3v) is 2.84. The molecule has 0 aliphatic heterocycles. The van der Waals surface area contributed by atoms with E-state index in [2.05, 4.69) is 0 Å². The molecule has 106 valence electrons. The average molecular weight is 281 g/mol. The van der Waals surface area contributed by atoms with Crippen LogP contribution < -0.4 is 10.5 Å². The van der Waals surface area contributed by atoms with E-state index in [4.69, 9.17) is 10.5 Å². The second-order valence-corrected chi connectivity index (χ2v) is 4.35. The van der Waals surface area contributed by atoms with Crippen LogP contribution in [0.2, 0.25) is 0 Å². The van der Waals surface area contributed by atoms with Gasteiger partial charge >= 0.3 is 6.18 Å². The van der Waals surface area contributed by atoms with Crippen molar-refractivity contribution in [2.24, 2.45) is 5.73 Å². The molecule has 0 radical (unpaired) electrons. The van der Waals surface area contributed by atoms with Crippen LogP contribution in [0, 0.1) is 0 Å². The van der Waals surface area contributed by atoms with Gasteiger partial charge in [0.05, 0.1) is 11.6 Å². The highest BCUT2D eigenvalue weighted by Gasteiger charge is 2.30. The van der Waals surface area contributed by atoms with Gasteiger partial charge in [0, 0.05) is 0 Å². The molecule has 2 N–H and O–H groups in total. The van der Waals surface area contributed by atoms with Crippen molar-refractivity contribution in [1.29, 1.82) is 0 Å². The van der Waals surface area contributed by atoms with E-state index in [1.165, 1.54) is 12.1 Å². The van der Waals surface area contributed by atoms with Crippen LogP contribution in [0.15, 0.2) is 54.6 Å². The number of nitrogens with two attached hydrogens (primary N) is 1. The van der Waals surface area contributed by atoms with Crippen molar-refractivity contribution < 1.29 is 17.9 Å². The van der Waals surface area contributed by atoms with Gasteiger partial charge in [-0.15, -0.1) is 0 Å². The summed E-state index contributed by atoms with van der Waals surface area (Å²) in [4.78, 5) is 0. The Labute approximate surface area is 115 Å². The Morgan fingerprint density at radius 3 is 2.10 bits per heavy atom. The Morgan fingerprint density at radius 1 is 0.950 bits per heavy atom. The molecule has 0 saturated carbocycles. The fraction of sp³-hybridized carbons (Fsp3) is 0.200. The lowest BCUT2D eigenvalue weighted by molar-refractivity contribution is -0.137. The summed E-state index contributed by atoms with van der Waals surface area (Å²) < 4.78 is 42.6. The molecule has 0 bridgehead atoms. The van der Waals surface area contributed by atoms with Crippen molar-refractivity contribution in [1.82, 2.24) is 0 Å². The quantitative estimate of drug-likeness (QED) is 0.925. The van der Waals surface area contributed by atoms with Crippen LogP contribution in [0.5, 0.6) is 5.75 Å². The molecule has 0 spiro atoms. The number of halogens is 3. The van der Waals surface area contributed by atoms with E-state index >= 15 is 0 Å². The highest BCUT2D eigenvalue weighted by atomic mass is 19.4. The molecule has 2 aromatic carbocycles. The molecule has 5 heteroatoms. The molecule has 0 saturated heterocycles. The zero-order valence-electron chi connectivity index (χ0n) is 10.6. The molecule has 0 fully saturated rings. The highest BCUT2D eigenvalue weighted by molar-refractivity contribution is 5.29. The molecule has 2 nitrogen and oxygen atoms in total. The maximum Gasteiger partial charge on any atom is 0.416 e. The van der Waals surface area contributed by atoms with E-state index in [0.717, 1.165) is 17.7 Å². The van der Waals surface area contributed by atoms with Crippen LogP contribution in [0.1, 0.15) is 17.2 Å². The van der Waals surface area contributed by atoms with Crippen LogP contribution in [0.25, 0.3) is 0 Å². The summed E-state index contributed by atoms with van der Waals surface area (Å²) in [6.07, 6.45) is -4.33. The predicted molar refractivity (Wildman–Crippen MR) is 70.3 cm³/mol. The van der Waals surface area contributed by atoms with Crippen molar-refractivity contribution in [3.8, 4) is 5.75 Å². The van der Waals surface area contributed by atoms with E-state index < -0.39 is 11.7 Å². The fourth-order valence-corrected chi connectivity index (χ4v) is 1.72. The van der Waals surface area contributed by atoms with Gasteiger partial charge < -0.3 is 10.5 Å². The van der Waals surface area contributed by atoms with Crippen LogP contribution in [-0.2, 0) is 6.18 Å². The summed E-state index contributed by atoms with van der Waals surface area (Å²) in [5, 5.41) is 0. The minimum Gasteiger partial charge on any atom is -0.492 e. The minimum atomic E-state index is -4.33. The van der Waals surface area contributed by atoms with Crippen LogP contribution in [0.4, 0.5) is 13.2 Å². The van der Waals surface area contributed by atoms with Crippen molar-refractivity contribution in [3.05, 3.63) is 65.7 Å². The molecule has 2 aromatic rings. The minimum absolute atomic E-state index is 0.204. The Kier molecular flexibility index (Phi) is 4.29. The zero-order chi connectivity index (χ0) is 14.6. The maximum absolute atomic E-state index is 12.4. The lowest BCUT2D eigenvalue weighted by Crippen LogP contribution is -2.18. The Balaban J connectivity index is 1.94. The van der Waals surface area contributed by atoms with E-state index in [-0.39, 0.29) is 12.6 Å². The largest absolute Gasteiger partial charge is 0.492 e. The van der Waals surface area contributed by atoms with E-state index in [0.29, 0.717) is 5.75 Å². The van der Waals surface area contributed by atoms with Gasteiger partial charge in [0.2, 0.25) is 0 Å². The Hall–Kier alpha value is -2.01. The summed E-state index contributed by atoms with van der Waals surface area (Å²) >= 11 is 0. The first kappa shape index (κ1) is 14.4. The molecule has 0 amide bonds. The summed E-state index contributed by atoms with van der Waals surface area (Å²) in [6.45, 7) is 0.204. The fourth-order valence-electron chi connectivity index (χ4n) is 1.72. The first-order valence-electron chi connectivity index (χ1n) is 6.07. The summed E-state index contributed by atoms with van der Waals surface area (Å²) in [7, 11) is 0. The SMILES string of the molecule is NC(COc1ccc(C(F)(F)F)cc1)c1ccccc1. The van der Waals surface area contributed by atoms with Crippen LogP contribution in [0.3, 0.4) is 0 Å². The van der Waals surface area contributed by atoms with E-state index in [9.17, 15) is 13.2 Å². The Morgan fingerprint density at radius 2 is 1.55 bits per heavy atom. The topological polar surface area (TPSA) is 35.2 Å². The number of hydrogen-bond donors (Lipinski definition) is 1. The lowest BCUT2D eigenvalue weighted by atomic mass is 10.1. The van der Waals surface area contributed by atoms with Crippen molar-refractivity contribution >= 4 is 0 Å². The molecule has 1 unspecified atom stereocenters. The number of rotatable bonds is 4. The normalized spacial score (nSPS) is 13.0. The molecule has 0 aliphatic rings. The van der Waals surface area contributed by atoms with Gasteiger partial charge in [-0.05, 0) is 29.8 Å². The number of hydrogen-bond acceptors (Lipinski definition) is 2. The standard InChI is InChI=1S/C15H14F3NO/c16-15(17,18)12-6-8-13(9-7-12)20-10-14(19)11-4-2-1-3-5-11/h1-9,14H,10,19H2. The molecule has 0 aliphatic carbocycles. The summed E-state index contributed by atoms with van der Waals surface area (Å²) in [5.74, 6) is 0.365. The third-order valence-electron chi connectivity index (χ3n) is 2.84. The Bertz CT molecular complexity index is 537. The molecule has 2 rings (SSSR count). The number of ether oxygens (including phenoxy) is 1. The summed E-state index contributed by atoms with van der Waals surface area (Å²) in [6, 6.07) is 13.6. The van der Waals surface area contributed by atoms with Crippen molar-refractivity contribution in [2.75, 3.05) is 6.61 Å². The van der Waals surface area contributed by atoms with Crippen LogP contribution >= 0.6 is 0 Å². The van der Waals surface area contributed by atoms with E-state index in [1.54, 1.807) is 0 Å². The number of alkyl halides is 3. The third kappa shape index (κ3) is 3.74. The van der Waals surface area contributed by atoms with Gasteiger partial charge in [-0.3, -0.25) is 0 Å². The van der Waals surface area contributed by atoms with E-state index in [1.807, 2.05) is 30.3 Å². The first-order valence-corrected chi connectivity index (χ1v) is 6.07. The highest BCUT2D eigenvalue weighted by Crippen LogP contribution is 2.30. The lowest BCUT2D eigenvalue weighted by Gasteiger charge is -2.14. The molecule has 0 heterocycles. The zero-order valence-corrected chi connectivity index (χ0v) is 10.6.